The van der Waals surface area contributed by atoms with Gasteiger partial charge in [-0.2, -0.15) is 5.26 Å². The third kappa shape index (κ3) is 1.85. The van der Waals surface area contributed by atoms with Crippen molar-refractivity contribution in [2.75, 3.05) is 4.90 Å². The van der Waals surface area contributed by atoms with Gasteiger partial charge in [-0.05, 0) is 37.5 Å². The third-order valence-corrected chi connectivity index (χ3v) is 4.51. The van der Waals surface area contributed by atoms with E-state index < -0.39 is 5.97 Å². The van der Waals surface area contributed by atoms with Crippen molar-refractivity contribution >= 4 is 23.3 Å². The van der Waals surface area contributed by atoms with Crippen molar-refractivity contribution in [1.29, 1.82) is 5.26 Å². The number of nitrogens with zero attached hydrogens (tertiary/aromatic N) is 2. The molecule has 5 heteroatoms. The highest BCUT2D eigenvalue weighted by Gasteiger charge is 2.49. The molecule has 0 aromatic heterocycles. The molecule has 2 saturated heterocycles. The van der Waals surface area contributed by atoms with E-state index in [1.807, 2.05) is 6.07 Å². The Hall–Kier alpha value is -1.73. The lowest BCUT2D eigenvalue weighted by Crippen LogP contribution is -2.33. The lowest BCUT2D eigenvalue weighted by Gasteiger charge is -2.26. The molecule has 2 aliphatic rings. The van der Waals surface area contributed by atoms with Crippen LogP contribution in [0.1, 0.15) is 24.8 Å². The predicted molar refractivity (Wildman–Crippen MR) is 71.2 cm³/mol. The maximum atomic E-state index is 11.3. The third-order valence-electron chi connectivity index (χ3n) is 4.21. The van der Waals surface area contributed by atoms with E-state index in [0.717, 1.165) is 18.5 Å². The summed E-state index contributed by atoms with van der Waals surface area (Å²) in [4.78, 5) is 13.4. The molecule has 3 unspecified atom stereocenters. The summed E-state index contributed by atoms with van der Waals surface area (Å²) >= 11 is 6.23. The van der Waals surface area contributed by atoms with E-state index >= 15 is 0 Å². The topological polar surface area (TPSA) is 64.3 Å². The van der Waals surface area contributed by atoms with E-state index in [0.29, 0.717) is 17.0 Å². The summed E-state index contributed by atoms with van der Waals surface area (Å²) in [6, 6.07) is 7.55. The Balaban J connectivity index is 1.96. The van der Waals surface area contributed by atoms with Crippen LogP contribution in [0, 0.1) is 17.2 Å². The average Bonchev–Trinajstić information content (AvgIpc) is 2.96. The molecule has 2 bridgehead atoms. The Morgan fingerprint density at radius 2 is 2.26 bits per heavy atom. The Kier molecular flexibility index (Phi) is 2.87. The van der Waals surface area contributed by atoms with Gasteiger partial charge in [0.15, 0.2) is 0 Å². The van der Waals surface area contributed by atoms with Crippen LogP contribution >= 0.6 is 11.6 Å². The van der Waals surface area contributed by atoms with E-state index in [9.17, 15) is 9.90 Å². The van der Waals surface area contributed by atoms with E-state index in [1.54, 1.807) is 12.1 Å². The zero-order valence-electron chi connectivity index (χ0n) is 10.2. The molecule has 0 radical (unpaired) electrons. The van der Waals surface area contributed by atoms with E-state index in [1.165, 1.54) is 0 Å². The van der Waals surface area contributed by atoms with E-state index in [2.05, 4.69) is 11.0 Å². The van der Waals surface area contributed by atoms with Crippen molar-refractivity contribution in [1.82, 2.24) is 0 Å². The number of carboxylic acid groups (broad SMARTS) is 1. The number of aliphatic carboxylic acids is 1. The molecule has 3 rings (SSSR count). The molecule has 0 spiro atoms. The fourth-order valence-electron chi connectivity index (χ4n) is 3.42. The molecule has 3 atom stereocenters. The van der Waals surface area contributed by atoms with Gasteiger partial charge in [0.25, 0.3) is 0 Å². The van der Waals surface area contributed by atoms with Crippen molar-refractivity contribution in [2.24, 2.45) is 5.92 Å². The number of hydrogen-bond donors (Lipinski definition) is 1. The molecule has 1 aromatic carbocycles. The lowest BCUT2D eigenvalue weighted by atomic mass is 9.89. The van der Waals surface area contributed by atoms with Gasteiger partial charge in [-0.1, -0.05) is 11.6 Å². The minimum absolute atomic E-state index is 0.0351. The monoisotopic (exact) mass is 276 g/mol. The van der Waals surface area contributed by atoms with Crippen LogP contribution in [0.4, 0.5) is 5.69 Å². The maximum Gasteiger partial charge on any atom is 0.308 e. The summed E-state index contributed by atoms with van der Waals surface area (Å²) < 4.78 is 0. The number of fused-ring (bicyclic) bond motifs is 2. The number of anilines is 1. The van der Waals surface area contributed by atoms with Crippen molar-refractivity contribution in [3.63, 3.8) is 0 Å². The van der Waals surface area contributed by atoms with Crippen molar-refractivity contribution in [2.45, 2.75) is 31.3 Å². The summed E-state index contributed by atoms with van der Waals surface area (Å²) in [5, 5.41) is 18.6. The molecule has 0 aliphatic carbocycles. The van der Waals surface area contributed by atoms with Crippen LogP contribution in [0.2, 0.25) is 5.02 Å². The highest BCUT2D eigenvalue weighted by Crippen LogP contribution is 2.46. The number of carboxylic acids is 1. The summed E-state index contributed by atoms with van der Waals surface area (Å²) in [6.45, 7) is 0. The number of benzene rings is 1. The molecule has 0 saturated carbocycles. The van der Waals surface area contributed by atoms with Crippen LogP contribution in [0.25, 0.3) is 0 Å². The minimum Gasteiger partial charge on any atom is -0.481 e. The second-order valence-corrected chi connectivity index (χ2v) is 5.57. The highest BCUT2D eigenvalue weighted by atomic mass is 35.5. The number of carbonyl (C=O) groups is 1. The SMILES string of the molecule is N#Cc1ccc(N2C3CCC2C(C(=O)O)C3)c(Cl)c1. The normalized spacial score (nSPS) is 28.4. The molecule has 19 heavy (non-hydrogen) atoms. The number of nitriles is 1. The first-order chi connectivity index (χ1) is 9.11. The second-order valence-electron chi connectivity index (χ2n) is 5.16. The Morgan fingerprint density at radius 3 is 2.84 bits per heavy atom. The summed E-state index contributed by atoms with van der Waals surface area (Å²) in [5.74, 6) is -1.02. The van der Waals surface area contributed by atoms with E-state index in [4.69, 9.17) is 16.9 Å². The Morgan fingerprint density at radius 1 is 1.47 bits per heavy atom. The first-order valence-corrected chi connectivity index (χ1v) is 6.70. The fraction of sp³-hybridized carbons (Fsp3) is 0.429. The Bertz CT molecular complexity index is 581. The highest BCUT2D eigenvalue weighted by molar-refractivity contribution is 6.33. The first-order valence-electron chi connectivity index (χ1n) is 6.32. The van der Waals surface area contributed by atoms with Crippen LogP contribution in [-0.2, 0) is 4.79 Å². The molecule has 1 N–H and O–H groups in total. The molecule has 2 heterocycles. The van der Waals surface area contributed by atoms with Gasteiger partial charge in [-0.3, -0.25) is 4.79 Å². The Labute approximate surface area is 116 Å². The van der Waals surface area contributed by atoms with Crippen molar-refractivity contribution in [3.05, 3.63) is 28.8 Å². The van der Waals surface area contributed by atoms with Crippen LogP contribution < -0.4 is 4.90 Å². The first kappa shape index (κ1) is 12.3. The molecular formula is C14H13ClN2O2. The molecule has 0 amide bonds. The zero-order valence-corrected chi connectivity index (χ0v) is 11.0. The van der Waals surface area contributed by atoms with E-state index in [-0.39, 0.29) is 18.0 Å². The van der Waals surface area contributed by atoms with Crippen molar-refractivity contribution < 1.29 is 9.90 Å². The molecule has 4 nitrogen and oxygen atoms in total. The van der Waals surface area contributed by atoms with Gasteiger partial charge >= 0.3 is 5.97 Å². The van der Waals surface area contributed by atoms with Gasteiger partial charge in [-0.15, -0.1) is 0 Å². The maximum absolute atomic E-state index is 11.3. The summed E-state index contributed by atoms with van der Waals surface area (Å²) in [5.41, 5.74) is 1.38. The van der Waals surface area contributed by atoms with Gasteiger partial charge in [0.2, 0.25) is 0 Å². The van der Waals surface area contributed by atoms with Gasteiger partial charge in [0.05, 0.1) is 28.3 Å². The van der Waals surface area contributed by atoms with Gasteiger partial charge in [-0.25, -0.2) is 0 Å². The minimum atomic E-state index is -0.720. The summed E-state index contributed by atoms with van der Waals surface area (Å²) in [7, 11) is 0. The number of halogens is 1. The number of hydrogen-bond acceptors (Lipinski definition) is 3. The van der Waals surface area contributed by atoms with Gasteiger partial charge < -0.3 is 10.0 Å². The van der Waals surface area contributed by atoms with Crippen LogP contribution in [0.3, 0.4) is 0 Å². The average molecular weight is 277 g/mol. The molecule has 2 fully saturated rings. The smallest absolute Gasteiger partial charge is 0.308 e. The molecular weight excluding hydrogens is 264 g/mol. The zero-order chi connectivity index (χ0) is 13.6. The van der Waals surface area contributed by atoms with Crippen LogP contribution in [0.5, 0.6) is 0 Å². The second kappa shape index (κ2) is 4.43. The standard InChI is InChI=1S/C14H13ClN2O2/c15-11-5-8(7-16)1-3-13(11)17-9-2-4-12(17)10(6-9)14(18)19/h1,3,5,9-10,12H,2,4,6H2,(H,18,19). The quantitative estimate of drug-likeness (QED) is 0.902. The molecule has 1 aromatic rings. The van der Waals surface area contributed by atoms with Crippen LogP contribution in [-0.4, -0.2) is 23.2 Å². The van der Waals surface area contributed by atoms with Gasteiger partial charge in [0, 0.05) is 12.1 Å². The largest absolute Gasteiger partial charge is 0.481 e. The number of rotatable bonds is 2. The van der Waals surface area contributed by atoms with Crippen LogP contribution in [0.15, 0.2) is 18.2 Å². The fourth-order valence-corrected chi connectivity index (χ4v) is 3.69. The summed E-state index contributed by atoms with van der Waals surface area (Å²) in [6.07, 6.45) is 2.61. The van der Waals surface area contributed by atoms with Crippen molar-refractivity contribution in [3.8, 4) is 6.07 Å². The lowest BCUT2D eigenvalue weighted by molar-refractivity contribution is -0.142. The molecule has 98 valence electrons. The predicted octanol–water partition coefficient (Wildman–Crippen LogP) is 2.65. The molecule has 2 aliphatic heterocycles. The van der Waals surface area contributed by atoms with Gasteiger partial charge in [0.1, 0.15) is 0 Å².